The van der Waals surface area contributed by atoms with Crippen molar-refractivity contribution in [2.45, 2.75) is 39.7 Å². The average molecular weight is 471 g/mol. The minimum Gasteiger partial charge on any atom is -0.334 e. The van der Waals surface area contributed by atoms with Crippen molar-refractivity contribution >= 4 is 28.6 Å². The second-order valence-electron chi connectivity index (χ2n) is 8.23. The van der Waals surface area contributed by atoms with E-state index >= 15 is 0 Å². The smallest absolute Gasteiger partial charge is 0.326 e. The second kappa shape index (κ2) is 9.27. The summed E-state index contributed by atoms with van der Waals surface area (Å²) in [6.45, 7) is 6.17. The molecule has 1 N–H and O–H groups in total. The van der Waals surface area contributed by atoms with Crippen molar-refractivity contribution in [1.29, 1.82) is 0 Å². The molecule has 1 atom stereocenters. The maximum atomic E-state index is 13.4. The van der Waals surface area contributed by atoms with Crippen LogP contribution in [0.15, 0.2) is 76.3 Å². The lowest BCUT2D eigenvalue weighted by molar-refractivity contribution is 0.244. The number of aryl methyl sites for hydroxylation is 2. The highest BCUT2D eigenvalue weighted by molar-refractivity contribution is 7.13. The molecule has 3 heterocycles. The Labute approximate surface area is 202 Å². The van der Waals surface area contributed by atoms with Crippen LogP contribution in [0.5, 0.6) is 0 Å². The number of nitrogens with zero attached hydrogens (tertiary/aromatic N) is 3. The number of carbonyl (C=O) groups excluding carboxylic acids is 1. The summed E-state index contributed by atoms with van der Waals surface area (Å²) in [5.74, 6) is 0.946. The summed E-state index contributed by atoms with van der Waals surface area (Å²) in [5, 5.41) is 9.38. The van der Waals surface area contributed by atoms with E-state index in [-0.39, 0.29) is 6.03 Å². The van der Waals surface area contributed by atoms with E-state index in [1.165, 1.54) is 11.1 Å². The maximum Gasteiger partial charge on any atom is 0.326 e. The van der Waals surface area contributed by atoms with E-state index in [0.29, 0.717) is 11.7 Å². The molecule has 0 fully saturated rings. The zero-order valence-corrected chi connectivity index (χ0v) is 20.2. The van der Waals surface area contributed by atoms with Gasteiger partial charge in [0.1, 0.15) is 0 Å². The lowest BCUT2D eigenvalue weighted by Crippen LogP contribution is -2.46. The molecule has 0 bridgehead atoms. The molecule has 2 aromatic heterocycles. The molecule has 0 spiro atoms. The Bertz CT molecular complexity index is 1320. The molecule has 5 rings (SSSR count). The van der Waals surface area contributed by atoms with Crippen molar-refractivity contribution in [3.8, 4) is 10.7 Å². The molecule has 0 saturated heterocycles. The first-order chi connectivity index (χ1) is 16.6. The summed E-state index contributed by atoms with van der Waals surface area (Å²) < 4.78 is 5.76. The molecule has 172 valence electrons. The number of hydrogen-bond donors (Lipinski definition) is 1. The van der Waals surface area contributed by atoms with Crippen LogP contribution in [0.25, 0.3) is 16.3 Å². The molecule has 6 nitrogen and oxygen atoms in total. The zero-order valence-electron chi connectivity index (χ0n) is 19.4. The average Bonchev–Trinajstić information content (AvgIpc) is 3.57. The van der Waals surface area contributed by atoms with Gasteiger partial charge in [0.25, 0.3) is 5.89 Å². The molecule has 34 heavy (non-hydrogen) atoms. The van der Waals surface area contributed by atoms with Gasteiger partial charge in [-0.05, 0) is 60.0 Å². The number of rotatable bonds is 6. The lowest BCUT2D eigenvalue weighted by Gasteiger charge is -2.35. The predicted octanol–water partition coefficient (Wildman–Crippen LogP) is 6.63. The number of urea groups is 1. The van der Waals surface area contributed by atoms with E-state index in [2.05, 4.69) is 48.6 Å². The summed E-state index contributed by atoms with van der Waals surface area (Å²) in [7, 11) is 0. The number of nitrogens with one attached hydrogen (secondary N) is 1. The third-order valence-corrected chi connectivity index (χ3v) is 7.07. The molecule has 4 aromatic rings. The topological polar surface area (TPSA) is 71.3 Å². The van der Waals surface area contributed by atoms with Crippen molar-refractivity contribution in [2.75, 3.05) is 4.90 Å². The van der Waals surface area contributed by atoms with Crippen LogP contribution in [0, 0.1) is 0 Å². The Balaban J connectivity index is 1.63. The van der Waals surface area contributed by atoms with Crippen LogP contribution in [0.3, 0.4) is 0 Å². The van der Waals surface area contributed by atoms with Crippen molar-refractivity contribution in [2.24, 2.45) is 0 Å². The number of benzene rings is 2. The van der Waals surface area contributed by atoms with Crippen LogP contribution in [-0.2, 0) is 12.8 Å². The highest BCUT2D eigenvalue weighted by Crippen LogP contribution is 2.39. The highest BCUT2D eigenvalue weighted by atomic mass is 32.1. The number of amides is 2. The van der Waals surface area contributed by atoms with Gasteiger partial charge in [0.2, 0.25) is 5.82 Å². The van der Waals surface area contributed by atoms with E-state index in [0.717, 1.165) is 40.2 Å². The van der Waals surface area contributed by atoms with Crippen molar-refractivity contribution in [3.05, 3.63) is 94.3 Å². The Morgan fingerprint density at radius 3 is 2.29 bits per heavy atom. The van der Waals surface area contributed by atoms with Crippen molar-refractivity contribution < 1.29 is 9.32 Å². The van der Waals surface area contributed by atoms with Gasteiger partial charge in [-0.15, -0.1) is 11.3 Å². The van der Waals surface area contributed by atoms with Gasteiger partial charge in [0, 0.05) is 5.70 Å². The molecule has 2 amide bonds. The van der Waals surface area contributed by atoms with Crippen LogP contribution in [0.1, 0.15) is 49.4 Å². The lowest BCUT2D eigenvalue weighted by atomic mass is 9.93. The fourth-order valence-electron chi connectivity index (χ4n) is 4.25. The Morgan fingerprint density at radius 1 is 1.00 bits per heavy atom. The molecule has 0 aliphatic carbocycles. The summed E-state index contributed by atoms with van der Waals surface area (Å²) in [6, 6.07) is 19.7. The van der Waals surface area contributed by atoms with Gasteiger partial charge in [-0.3, -0.25) is 4.90 Å². The van der Waals surface area contributed by atoms with Gasteiger partial charge < -0.3 is 9.84 Å². The molecule has 2 aromatic carbocycles. The first-order valence-electron chi connectivity index (χ1n) is 11.5. The number of hydrogen-bond acceptors (Lipinski definition) is 5. The molecule has 1 aliphatic rings. The summed E-state index contributed by atoms with van der Waals surface area (Å²) in [4.78, 5) is 20.7. The first-order valence-corrected chi connectivity index (χ1v) is 12.3. The number of allylic oxidation sites excluding steroid dienone is 1. The minimum absolute atomic E-state index is 0.187. The van der Waals surface area contributed by atoms with Crippen LogP contribution >= 0.6 is 11.3 Å². The van der Waals surface area contributed by atoms with Crippen LogP contribution in [-0.4, -0.2) is 16.2 Å². The summed E-state index contributed by atoms with van der Waals surface area (Å²) in [5.41, 5.74) is 5.77. The molecular formula is C27H26N4O2S. The standard InChI is InChI=1S/C27H26N4O2S/c1-4-18-8-12-20(13-9-18)24-23(26-29-25(30-33-26)22-7-6-16-34-22)17(3)31(27(32)28-24)21-14-10-19(5-2)11-15-21/h6-16,24H,4-5H2,1-3H3,(H,28,32). The monoisotopic (exact) mass is 470 g/mol. The zero-order chi connectivity index (χ0) is 23.7. The third kappa shape index (κ3) is 4.03. The largest absolute Gasteiger partial charge is 0.334 e. The molecule has 0 saturated carbocycles. The molecule has 0 radical (unpaired) electrons. The van der Waals surface area contributed by atoms with Crippen molar-refractivity contribution in [3.63, 3.8) is 0 Å². The predicted molar refractivity (Wildman–Crippen MR) is 136 cm³/mol. The van der Waals surface area contributed by atoms with Gasteiger partial charge in [-0.25, -0.2) is 4.79 Å². The van der Waals surface area contributed by atoms with Crippen LogP contribution in [0.2, 0.25) is 0 Å². The number of thiophene rings is 1. The van der Waals surface area contributed by atoms with E-state index in [1.54, 1.807) is 16.2 Å². The van der Waals surface area contributed by atoms with E-state index in [9.17, 15) is 4.79 Å². The van der Waals surface area contributed by atoms with Crippen LogP contribution in [0.4, 0.5) is 10.5 Å². The van der Waals surface area contributed by atoms with Gasteiger partial charge in [0.15, 0.2) is 0 Å². The minimum atomic E-state index is -0.402. The van der Waals surface area contributed by atoms with Gasteiger partial charge in [0.05, 0.1) is 22.2 Å². The van der Waals surface area contributed by atoms with Crippen molar-refractivity contribution in [1.82, 2.24) is 15.5 Å². The number of aromatic nitrogens is 2. The molecule has 7 heteroatoms. The van der Waals surface area contributed by atoms with Gasteiger partial charge in [-0.1, -0.05) is 61.5 Å². The Kier molecular flexibility index (Phi) is 6.02. The maximum absolute atomic E-state index is 13.4. The Morgan fingerprint density at radius 2 is 1.68 bits per heavy atom. The fraction of sp³-hybridized carbons (Fsp3) is 0.222. The number of carbonyl (C=O) groups is 1. The SMILES string of the molecule is CCc1ccc(C2NC(=O)N(c3ccc(CC)cc3)C(C)=C2c2nc(-c3cccs3)no2)cc1. The summed E-state index contributed by atoms with van der Waals surface area (Å²) >= 11 is 1.56. The quantitative estimate of drug-likeness (QED) is 0.343. The van der Waals surface area contributed by atoms with E-state index in [4.69, 9.17) is 9.51 Å². The second-order valence-corrected chi connectivity index (χ2v) is 9.18. The Hall–Kier alpha value is -3.71. The fourth-order valence-corrected chi connectivity index (χ4v) is 4.90. The van der Waals surface area contributed by atoms with Gasteiger partial charge >= 0.3 is 6.03 Å². The normalized spacial score (nSPS) is 16.1. The third-order valence-electron chi connectivity index (χ3n) is 6.21. The van der Waals surface area contributed by atoms with E-state index < -0.39 is 6.04 Å². The number of anilines is 1. The summed E-state index contributed by atoms with van der Waals surface area (Å²) in [6.07, 6.45) is 1.89. The van der Waals surface area contributed by atoms with E-state index in [1.807, 2.05) is 48.7 Å². The first kappa shape index (κ1) is 22.1. The highest BCUT2D eigenvalue weighted by Gasteiger charge is 2.36. The molecular weight excluding hydrogens is 444 g/mol. The van der Waals surface area contributed by atoms with Gasteiger partial charge in [-0.2, -0.15) is 4.98 Å². The van der Waals surface area contributed by atoms with Crippen LogP contribution < -0.4 is 10.2 Å². The molecule has 1 aliphatic heterocycles. The molecule has 1 unspecified atom stereocenters.